The van der Waals surface area contributed by atoms with E-state index in [1.54, 1.807) is 26.4 Å². The molecule has 2 rings (SSSR count). The molecule has 1 saturated carbocycles. The molecule has 1 aromatic carbocycles. The maximum atomic E-state index is 12.1. The Morgan fingerprint density at radius 1 is 1.23 bits per heavy atom. The van der Waals surface area contributed by atoms with Crippen LogP contribution in [0.25, 0.3) is 6.08 Å². The Labute approximate surface area is 132 Å². The molecule has 0 spiro atoms. The fourth-order valence-corrected chi connectivity index (χ4v) is 2.90. The van der Waals surface area contributed by atoms with Crippen LogP contribution in [0.4, 0.5) is 0 Å². The highest BCUT2D eigenvalue weighted by atomic mass is 16.5. The van der Waals surface area contributed by atoms with Crippen LogP contribution in [-0.4, -0.2) is 26.2 Å². The van der Waals surface area contributed by atoms with Gasteiger partial charge in [0.15, 0.2) is 0 Å². The lowest BCUT2D eigenvalue weighted by atomic mass is 9.86. The van der Waals surface area contributed by atoms with Crippen molar-refractivity contribution < 1.29 is 14.3 Å². The topological polar surface area (TPSA) is 47.6 Å². The molecular weight excluding hydrogens is 278 g/mol. The molecular formula is C18H25NO3. The van der Waals surface area contributed by atoms with Gasteiger partial charge in [-0.15, -0.1) is 0 Å². The predicted octanol–water partition coefficient (Wildman–Crippen LogP) is 3.41. The Bertz CT molecular complexity index is 539. The van der Waals surface area contributed by atoms with Gasteiger partial charge in [-0.3, -0.25) is 4.79 Å². The van der Waals surface area contributed by atoms with Crippen molar-refractivity contribution in [2.24, 2.45) is 5.92 Å². The van der Waals surface area contributed by atoms with E-state index in [1.165, 1.54) is 19.3 Å². The molecule has 0 unspecified atom stereocenters. The SMILES string of the molecule is COc1ccc(OC)c(/C=C/C(=O)N[C@@H]2CCCC[C@@H]2C)c1. The van der Waals surface area contributed by atoms with Gasteiger partial charge in [0.25, 0.3) is 0 Å². The van der Waals surface area contributed by atoms with E-state index >= 15 is 0 Å². The number of hydrogen-bond acceptors (Lipinski definition) is 3. The van der Waals surface area contributed by atoms with Crippen molar-refractivity contribution in [1.29, 1.82) is 0 Å². The van der Waals surface area contributed by atoms with E-state index in [1.807, 2.05) is 18.2 Å². The fraction of sp³-hybridized carbons (Fsp3) is 0.500. The highest BCUT2D eigenvalue weighted by Gasteiger charge is 2.21. The first-order valence-electron chi connectivity index (χ1n) is 7.84. The summed E-state index contributed by atoms with van der Waals surface area (Å²) in [5.74, 6) is 1.96. The maximum Gasteiger partial charge on any atom is 0.244 e. The number of methoxy groups -OCH3 is 2. The smallest absolute Gasteiger partial charge is 0.244 e. The van der Waals surface area contributed by atoms with Crippen molar-refractivity contribution in [3.63, 3.8) is 0 Å². The van der Waals surface area contributed by atoms with E-state index in [0.717, 1.165) is 23.5 Å². The van der Waals surface area contributed by atoms with Crippen molar-refractivity contribution in [2.45, 2.75) is 38.6 Å². The van der Waals surface area contributed by atoms with Crippen LogP contribution in [0, 0.1) is 5.92 Å². The number of nitrogens with one attached hydrogen (secondary N) is 1. The van der Waals surface area contributed by atoms with E-state index < -0.39 is 0 Å². The number of benzene rings is 1. The summed E-state index contributed by atoms with van der Waals surface area (Å²) in [6, 6.07) is 5.81. The van der Waals surface area contributed by atoms with Crippen molar-refractivity contribution in [1.82, 2.24) is 5.32 Å². The third kappa shape index (κ3) is 4.26. The van der Waals surface area contributed by atoms with Crippen LogP contribution in [-0.2, 0) is 4.79 Å². The summed E-state index contributed by atoms with van der Waals surface area (Å²) in [4.78, 5) is 12.1. The zero-order chi connectivity index (χ0) is 15.9. The Morgan fingerprint density at radius 3 is 2.68 bits per heavy atom. The molecule has 1 amide bonds. The minimum absolute atomic E-state index is 0.0522. The van der Waals surface area contributed by atoms with Gasteiger partial charge in [-0.2, -0.15) is 0 Å². The van der Waals surface area contributed by atoms with Crippen LogP contribution >= 0.6 is 0 Å². The summed E-state index contributed by atoms with van der Waals surface area (Å²) in [5, 5.41) is 3.11. The number of rotatable bonds is 5. The number of carbonyl (C=O) groups is 1. The van der Waals surface area contributed by atoms with Crippen LogP contribution in [0.2, 0.25) is 0 Å². The summed E-state index contributed by atoms with van der Waals surface area (Å²) in [7, 11) is 3.23. The molecule has 1 fully saturated rings. The molecule has 2 atom stereocenters. The van der Waals surface area contributed by atoms with Crippen molar-refractivity contribution >= 4 is 12.0 Å². The second-order valence-corrected chi connectivity index (χ2v) is 5.82. The minimum Gasteiger partial charge on any atom is -0.497 e. The van der Waals surface area contributed by atoms with Crippen LogP contribution in [0.1, 0.15) is 38.2 Å². The summed E-state index contributed by atoms with van der Waals surface area (Å²) in [5.41, 5.74) is 0.827. The maximum absolute atomic E-state index is 12.1. The van der Waals surface area contributed by atoms with Gasteiger partial charge in [0.05, 0.1) is 14.2 Å². The Balaban J connectivity index is 2.02. The van der Waals surface area contributed by atoms with Crippen molar-refractivity contribution in [2.75, 3.05) is 14.2 Å². The lowest BCUT2D eigenvalue weighted by Gasteiger charge is -2.29. The molecule has 120 valence electrons. The summed E-state index contributed by atoms with van der Waals surface area (Å²) in [6.45, 7) is 2.21. The summed E-state index contributed by atoms with van der Waals surface area (Å²) < 4.78 is 10.5. The molecule has 1 N–H and O–H groups in total. The van der Waals surface area contributed by atoms with E-state index in [9.17, 15) is 4.79 Å². The second-order valence-electron chi connectivity index (χ2n) is 5.82. The first-order chi connectivity index (χ1) is 10.6. The Hall–Kier alpha value is -1.97. The third-order valence-electron chi connectivity index (χ3n) is 4.29. The average molecular weight is 303 g/mol. The number of carbonyl (C=O) groups excluding carboxylic acids is 1. The average Bonchev–Trinajstić information content (AvgIpc) is 2.54. The molecule has 1 aliphatic rings. The van der Waals surface area contributed by atoms with E-state index in [-0.39, 0.29) is 11.9 Å². The lowest BCUT2D eigenvalue weighted by molar-refractivity contribution is -0.117. The van der Waals surface area contributed by atoms with Crippen LogP contribution in [0.3, 0.4) is 0 Å². The van der Waals surface area contributed by atoms with Crippen molar-refractivity contribution in [3.05, 3.63) is 29.8 Å². The van der Waals surface area contributed by atoms with Gasteiger partial charge in [0.2, 0.25) is 5.91 Å². The third-order valence-corrected chi connectivity index (χ3v) is 4.29. The number of hydrogen-bond donors (Lipinski definition) is 1. The normalized spacial score (nSPS) is 21.6. The summed E-state index contributed by atoms with van der Waals surface area (Å²) >= 11 is 0. The van der Waals surface area contributed by atoms with Gasteiger partial charge < -0.3 is 14.8 Å². The zero-order valence-corrected chi connectivity index (χ0v) is 13.6. The molecule has 1 aliphatic carbocycles. The minimum atomic E-state index is -0.0522. The second kappa shape index (κ2) is 7.87. The van der Waals surface area contributed by atoms with Gasteiger partial charge in [-0.25, -0.2) is 0 Å². The largest absolute Gasteiger partial charge is 0.497 e. The van der Waals surface area contributed by atoms with E-state index in [0.29, 0.717) is 5.92 Å². The fourth-order valence-electron chi connectivity index (χ4n) is 2.90. The summed E-state index contributed by atoms with van der Waals surface area (Å²) in [6.07, 6.45) is 8.07. The molecule has 0 bridgehead atoms. The monoisotopic (exact) mass is 303 g/mol. The molecule has 0 radical (unpaired) electrons. The van der Waals surface area contributed by atoms with Crippen LogP contribution in [0.15, 0.2) is 24.3 Å². The molecule has 0 aromatic heterocycles. The molecule has 4 heteroatoms. The molecule has 4 nitrogen and oxygen atoms in total. The van der Waals surface area contributed by atoms with Gasteiger partial charge in [-0.05, 0) is 43.0 Å². The molecule has 0 aliphatic heterocycles. The highest BCUT2D eigenvalue weighted by molar-refractivity contribution is 5.92. The van der Waals surface area contributed by atoms with Gasteiger partial charge in [-0.1, -0.05) is 19.8 Å². The van der Waals surface area contributed by atoms with Gasteiger partial charge in [0.1, 0.15) is 11.5 Å². The highest BCUT2D eigenvalue weighted by Crippen LogP contribution is 2.26. The first kappa shape index (κ1) is 16.4. The first-order valence-corrected chi connectivity index (χ1v) is 7.84. The zero-order valence-electron chi connectivity index (χ0n) is 13.6. The molecule has 0 heterocycles. The Morgan fingerprint density at radius 2 is 2.00 bits per heavy atom. The number of amides is 1. The van der Waals surface area contributed by atoms with Gasteiger partial charge in [0, 0.05) is 17.7 Å². The standard InChI is InChI=1S/C18H25NO3/c1-13-6-4-5-7-16(13)19-18(20)11-8-14-12-15(21-2)9-10-17(14)22-3/h8-13,16H,4-7H2,1-3H3,(H,19,20)/b11-8+/t13-,16+/m0/s1. The van der Waals surface area contributed by atoms with Gasteiger partial charge >= 0.3 is 0 Å². The van der Waals surface area contributed by atoms with Crippen LogP contribution in [0.5, 0.6) is 11.5 Å². The van der Waals surface area contributed by atoms with E-state index in [2.05, 4.69) is 12.2 Å². The number of ether oxygens (including phenoxy) is 2. The Kier molecular flexibility index (Phi) is 5.87. The molecule has 1 aromatic rings. The molecule has 22 heavy (non-hydrogen) atoms. The van der Waals surface area contributed by atoms with Crippen LogP contribution < -0.4 is 14.8 Å². The van der Waals surface area contributed by atoms with E-state index in [4.69, 9.17) is 9.47 Å². The van der Waals surface area contributed by atoms with Crippen molar-refractivity contribution in [3.8, 4) is 11.5 Å². The quantitative estimate of drug-likeness (QED) is 0.848. The predicted molar refractivity (Wildman–Crippen MR) is 88.1 cm³/mol. The molecule has 0 saturated heterocycles. The lowest BCUT2D eigenvalue weighted by Crippen LogP contribution is -2.40.